The number of nitrogens with zero attached hydrogens (tertiary/aromatic N) is 1. The molecule has 174 valence electrons. The number of hydrazone groups is 1. The molecule has 0 saturated carbocycles. The summed E-state index contributed by atoms with van der Waals surface area (Å²) in [5.41, 5.74) is -0.0211. The Balaban J connectivity index is 1.79. The summed E-state index contributed by atoms with van der Waals surface area (Å²) in [5, 5.41) is 3.65. The third kappa shape index (κ3) is 6.11. The van der Waals surface area contributed by atoms with Crippen LogP contribution in [0, 0.1) is 6.92 Å². The van der Waals surface area contributed by atoms with Crippen LogP contribution in [0.5, 0.6) is 5.75 Å². The molecule has 33 heavy (non-hydrogen) atoms. The van der Waals surface area contributed by atoms with Gasteiger partial charge in [-0.05, 0) is 55.5 Å². The lowest BCUT2D eigenvalue weighted by molar-refractivity contribution is -0.137. The molecule has 0 aliphatic carbocycles. The van der Waals surface area contributed by atoms with E-state index in [2.05, 4.69) is 5.10 Å². The quantitative estimate of drug-likeness (QED) is 0.300. The molecule has 0 atom stereocenters. The fourth-order valence-corrected chi connectivity index (χ4v) is 4.32. The maximum Gasteiger partial charge on any atom is 0.416 e. The van der Waals surface area contributed by atoms with E-state index in [4.69, 9.17) is 4.18 Å². The number of aryl methyl sites for hydroxylation is 1. The van der Waals surface area contributed by atoms with Crippen LogP contribution in [0.2, 0.25) is 0 Å². The van der Waals surface area contributed by atoms with Crippen molar-refractivity contribution < 1.29 is 34.2 Å². The molecule has 0 heterocycles. The normalized spacial score (nSPS) is 12.6. The van der Waals surface area contributed by atoms with Crippen LogP contribution >= 0.6 is 0 Å². The van der Waals surface area contributed by atoms with Gasteiger partial charge < -0.3 is 4.18 Å². The van der Waals surface area contributed by atoms with Crippen LogP contribution in [0.1, 0.15) is 16.7 Å². The molecule has 7 nitrogen and oxygen atoms in total. The molecule has 0 unspecified atom stereocenters. The molecule has 3 rings (SSSR count). The van der Waals surface area contributed by atoms with E-state index in [1.165, 1.54) is 36.4 Å². The van der Waals surface area contributed by atoms with Gasteiger partial charge in [0, 0.05) is 5.56 Å². The Hall–Kier alpha value is -3.38. The first kappa shape index (κ1) is 24.3. The minimum absolute atomic E-state index is 0.0142. The zero-order valence-corrected chi connectivity index (χ0v) is 18.6. The van der Waals surface area contributed by atoms with Gasteiger partial charge in [0.15, 0.2) is 5.75 Å². The second-order valence-electron chi connectivity index (χ2n) is 6.76. The van der Waals surface area contributed by atoms with Crippen molar-refractivity contribution in [2.24, 2.45) is 5.10 Å². The van der Waals surface area contributed by atoms with Gasteiger partial charge in [-0.15, -0.1) is 0 Å². The van der Waals surface area contributed by atoms with Crippen LogP contribution in [-0.4, -0.2) is 23.1 Å². The number of hydrogen-bond donors (Lipinski definition) is 1. The number of rotatable bonds is 7. The molecule has 0 radical (unpaired) electrons. The first-order valence-corrected chi connectivity index (χ1v) is 12.1. The lowest BCUT2D eigenvalue weighted by Gasteiger charge is -2.11. The summed E-state index contributed by atoms with van der Waals surface area (Å²) in [4.78, 5) is 1.52. The Labute approximate surface area is 188 Å². The average molecular weight is 499 g/mol. The third-order valence-corrected chi connectivity index (χ3v) is 6.78. The molecule has 3 aromatic carbocycles. The number of nitrogens with one attached hydrogen (secondary N) is 1. The van der Waals surface area contributed by atoms with Gasteiger partial charge in [-0.25, -0.2) is 4.83 Å². The molecule has 0 aliphatic heterocycles. The molecule has 0 bridgehead atoms. The zero-order chi connectivity index (χ0) is 24.3. The number of hydrogen-bond acceptors (Lipinski definition) is 6. The number of halogens is 3. The maximum atomic E-state index is 12.7. The van der Waals surface area contributed by atoms with Crippen molar-refractivity contribution in [2.75, 3.05) is 0 Å². The summed E-state index contributed by atoms with van der Waals surface area (Å²) in [6.07, 6.45) is -3.57. The summed E-state index contributed by atoms with van der Waals surface area (Å²) >= 11 is 0. The molecular weight excluding hydrogens is 481 g/mol. The van der Waals surface area contributed by atoms with Gasteiger partial charge in [-0.1, -0.05) is 29.8 Å². The largest absolute Gasteiger partial charge is 0.416 e. The van der Waals surface area contributed by atoms with Crippen LogP contribution in [-0.2, 0) is 26.3 Å². The summed E-state index contributed by atoms with van der Waals surface area (Å²) < 4.78 is 92.7. The lowest BCUT2D eigenvalue weighted by Crippen LogP contribution is -2.18. The maximum absolute atomic E-state index is 12.7. The van der Waals surface area contributed by atoms with E-state index >= 15 is 0 Å². The van der Waals surface area contributed by atoms with Crippen molar-refractivity contribution in [2.45, 2.75) is 22.9 Å². The Bertz CT molecular complexity index is 1370. The number of alkyl halides is 3. The van der Waals surface area contributed by atoms with E-state index in [0.717, 1.165) is 23.9 Å². The van der Waals surface area contributed by atoms with E-state index in [0.29, 0.717) is 12.1 Å². The van der Waals surface area contributed by atoms with Crippen LogP contribution < -0.4 is 9.01 Å². The first-order chi connectivity index (χ1) is 15.4. The van der Waals surface area contributed by atoms with Gasteiger partial charge in [0.1, 0.15) is 4.90 Å². The molecule has 0 aliphatic rings. The monoisotopic (exact) mass is 498 g/mol. The summed E-state index contributed by atoms with van der Waals surface area (Å²) in [7, 11) is -8.42. The summed E-state index contributed by atoms with van der Waals surface area (Å²) in [5.74, 6) is -0.198. The fourth-order valence-electron chi connectivity index (χ4n) is 2.58. The van der Waals surface area contributed by atoms with Crippen LogP contribution in [0.4, 0.5) is 13.2 Å². The van der Waals surface area contributed by atoms with E-state index in [-0.39, 0.29) is 16.2 Å². The van der Waals surface area contributed by atoms with Crippen LogP contribution in [0.3, 0.4) is 0 Å². The summed E-state index contributed by atoms with van der Waals surface area (Å²) in [6.45, 7) is 1.80. The second-order valence-corrected chi connectivity index (χ2v) is 9.97. The Morgan fingerprint density at radius 1 is 0.848 bits per heavy atom. The topological polar surface area (TPSA) is 102 Å². The standard InChI is InChI=1S/C21H17F3N2O5S2/c1-15-6-10-18(11-7-15)32(27,28)26-25-14-16-4-2-3-5-20(16)31-33(29,30)19-12-8-17(9-13-19)21(22,23)24/h2-14,26H,1H3/b25-14+. The first-order valence-electron chi connectivity index (χ1n) is 9.21. The predicted molar refractivity (Wildman–Crippen MR) is 115 cm³/mol. The molecule has 0 amide bonds. The van der Waals surface area contributed by atoms with Crippen molar-refractivity contribution in [1.82, 2.24) is 4.83 Å². The van der Waals surface area contributed by atoms with Gasteiger partial charge >= 0.3 is 16.3 Å². The van der Waals surface area contributed by atoms with Crippen LogP contribution in [0.15, 0.2) is 87.7 Å². The minimum Gasteiger partial charge on any atom is -0.378 e. The molecule has 0 fully saturated rings. The molecule has 0 saturated heterocycles. The molecule has 0 aromatic heterocycles. The highest BCUT2D eigenvalue weighted by Crippen LogP contribution is 2.30. The highest BCUT2D eigenvalue weighted by Gasteiger charge is 2.31. The third-order valence-electron chi connectivity index (χ3n) is 4.30. The SMILES string of the molecule is Cc1ccc(S(=O)(=O)N/N=C/c2ccccc2OS(=O)(=O)c2ccc(C(F)(F)F)cc2)cc1. The molecule has 1 N–H and O–H groups in total. The van der Waals surface area contributed by atoms with E-state index in [1.54, 1.807) is 19.1 Å². The molecular formula is C21H17F3N2O5S2. The highest BCUT2D eigenvalue weighted by molar-refractivity contribution is 7.89. The predicted octanol–water partition coefficient (Wildman–Crippen LogP) is 4.09. The Morgan fingerprint density at radius 2 is 1.42 bits per heavy atom. The van der Waals surface area contributed by atoms with Crippen LogP contribution in [0.25, 0.3) is 0 Å². The number of benzene rings is 3. The summed E-state index contributed by atoms with van der Waals surface area (Å²) in [6, 6.07) is 14.6. The lowest BCUT2D eigenvalue weighted by atomic mass is 10.2. The van der Waals surface area contributed by atoms with E-state index in [9.17, 15) is 30.0 Å². The fraction of sp³-hybridized carbons (Fsp3) is 0.0952. The van der Waals surface area contributed by atoms with Gasteiger partial charge in [-0.3, -0.25) is 0 Å². The molecule has 12 heteroatoms. The second kappa shape index (κ2) is 9.24. The highest BCUT2D eigenvalue weighted by atomic mass is 32.2. The van der Waals surface area contributed by atoms with Gasteiger partial charge in [0.2, 0.25) is 0 Å². The minimum atomic E-state index is -4.61. The van der Waals surface area contributed by atoms with Crippen molar-refractivity contribution >= 4 is 26.4 Å². The Morgan fingerprint density at radius 3 is 2.03 bits per heavy atom. The van der Waals surface area contributed by atoms with Crippen molar-refractivity contribution in [3.05, 3.63) is 89.5 Å². The van der Waals surface area contributed by atoms with Gasteiger partial charge in [0.25, 0.3) is 10.0 Å². The molecule has 0 spiro atoms. The number of para-hydroxylation sites is 1. The van der Waals surface area contributed by atoms with Gasteiger partial charge in [0.05, 0.1) is 16.7 Å². The van der Waals surface area contributed by atoms with Gasteiger partial charge in [-0.2, -0.15) is 35.1 Å². The molecule has 3 aromatic rings. The number of sulfonamides is 1. The Kier molecular flexibility index (Phi) is 6.79. The zero-order valence-electron chi connectivity index (χ0n) is 16.9. The van der Waals surface area contributed by atoms with Crippen molar-refractivity contribution in [1.29, 1.82) is 0 Å². The van der Waals surface area contributed by atoms with E-state index in [1.807, 2.05) is 4.83 Å². The average Bonchev–Trinajstić information content (AvgIpc) is 2.74. The van der Waals surface area contributed by atoms with E-state index < -0.39 is 36.8 Å². The smallest absolute Gasteiger partial charge is 0.378 e. The van der Waals surface area contributed by atoms with Crippen molar-refractivity contribution in [3.8, 4) is 5.75 Å². The van der Waals surface area contributed by atoms with Crippen molar-refractivity contribution in [3.63, 3.8) is 0 Å².